The van der Waals surface area contributed by atoms with Crippen molar-refractivity contribution >= 4 is 27.9 Å². The third kappa shape index (κ3) is 5.20. The molecule has 0 saturated carbocycles. The van der Waals surface area contributed by atoms with Crippen molar-refractivity contribution in [1.82, 2.24) is 9.55 Å². The van der Waals surface area contributed by atoms with Crippen LogP contribution < -0.4 is 14.2 Å². The second kappa shape index (κ2) is 11.0. The molecule has 4 aromatic carbocycles. The van der Waals surface area contributed by atoms with Crippen LogP contribution >= 0.6 is 0 Å². The lowest BCUT2D eigenvalue weighted by molar-refractivity contribution is 0.273. The number of hydrogen-bond donors (Lipinski definition) is 0. The van der Waals surface area contributed by atoms with Crippen LogP contribution in [0.3, 0.4) is 0 Å². The van der Waals surface area contributed by atoms with E-state index in [2.05, 4.69) is 34.9 Å². The number of hydrogen-bond acceptors (Lipinski definition) is 4. The van der Waals surface area contributed by atoms with E-state index < -0.39 is 0 Å². The van der Waals surface area contributed by atoms with E-state index in [1.807, 2.05) is 73.7 Å². The summed E-state index contributed by atoms with van der Waals surface area (Å²) < 4.78 is 20.0. The number of rotatable bonds is 10. The summed E-state index contributed by atoms with van der Waals surface area (Å²) in [6.07, 6.45) is 4.87. The zero-order chi connectivity index (χ0) is 24.7. The van der Waals surface area contributed by atoms with Gasteiger partial charge in [-0.25, -0.2) is 4.98 Å². The Hall–Kier alpha value is -4.25. The van der Waals surface area contributed by atoms with Gasteiger partial charge in [-0.3, -0.25) is 0 Å². The molecule has 0 radical (unpaired) electrons. The Kier molecular flexibility index (Phi) is 7.17. The third-order valence-electron chi connectivity index (χ3n) is 6.15. The van der Waals surface area contributed by atoms with Gasteiger partial charge in [-0.15, -0.1) is 0 Å². The molecule has 36 heavy (non-hydrogen) atoms. The number of benzene rings is 4. The highest BCUT2D eigenvalue weighted by Gasteiger charge is 2.12. The van der Waals surface area contributed by atoms with Crippen LogP contribution in [0.25, 0.3) is 27.9 Å². The van der Waals surface area contributed by atoms with E-state index in [-0.39, 0.29) is 0 Å². The number of aromatic nitrogens is 2. The van der Waals surface area contributed by atoms with Crippen molar-refractivity contribution in [2.24, 2.45) is 0 Å². The Morgan fingerprint density at radius 1 is 0.833 bits per heavy atom. The number of para-hydroxylation sites is 2. The van der Waals surface area contributed by atoms with Gasteiger partial charge in [0.1, 0.15) is 18.2 Å². The maximum Gasteiger partial charge on any atom is 0.161 e. The minimum Gasteiger partial charge on any atom is -0.493 e. The zero-order valence-electron chi connectivity index (χ0n) is 20.7. The molecule has 0 bridgehead atoms. The van der Waals surface area contributed by atoms with Gasteiger partial charge < -0.3 is 18.8 Å². The Balaban J connectivity index is 1.27. The minimum atomic E-state index is 0.397. The summed E-state index contributed by atoms with van der Waals surface area (Å²) in [6.45, 7) is 3.73. The number of imidazole rings is 1. The lowest BCUT2D eigenvalue weighted by Crippen LogP contribution is -2.10. The molecule has 0 amide bonds. The van der Waals surface area contributed by atoms with Gasteiger partial charge in [-0.2, -0.15) is 0 Å². The van der Waals surface area contributed by atoms with Crippen LogP contribution in [0.2, 0.25) is 0 Å². The standard InChI is InChI=1S/C31H30N2O3/c1-3-9-23-14-17-29(30(20-23)34-2)35-19-8-18-33-28-13-7-6-12-27(28)32-31(33)22-36-26-16-15-24-10-4-5-11-25(24)21-26/h3-7,9-17,20-21H,8,18-19,22H2,1-2H3/b9-3+. The highest BCUT2D eigenvalue weighted by atomic mass is 16.5. The lowest BCUT2D eigenvalue weighted by Gasteiger charge is -2.13. The molecule has 1 heterocycles. The predicted octanol–water partition coefficient (Wildman–Crippen LogP) is 7.28. The normalized spacial score (nSPS) is 11.4. The zero-order valence-corrected chi connectivity index (χ0v) is 20.7. The molecule has 5 rings (SSSR count). The lowest BCUT2D eigenvalue weighted by atomic mass is 10.1. The topological polar surface area (TPSA) is 45.5 Å². The van der Waals surface area contributed by atoms with Crippen LogP contribution in [0.4, 0.5) is 0 Å². The highest BCUT2D eigenvalue weighted by Crippen LogP contribution is 2.29. The molecule has 0 fully saturated rings. The first-order valence-corrected chi connectivity index (χ1v) is 12.2. The van der Waals surface area contributed by atoms with E-state index in [0.29, 0.717) is 13.2 Å². The molecule has 0 aliphatic carbocycles. The molecule has 0 aliphatic rings. The number of aryl methyl sites for hydroxylation is 1. The summed E-state index contributed by atoms with van der Waals surface area (Å²) in [5.74, 6) is 3.23. The smallest absolute Gasteiger partial charge is 0.161 e. The molecule has 0 N–H and O–H groups in total. The van der Waals surface area contributed by atoms with Crippen molar-refractivity contribution in [3.8, 4) is 17.2 Å². The fourth-order valence-electron chi connectivity index (χ4n) is 4.39. The predicted molar refractivity (Wildman–Crippen MR) is 146 cm³/mol. The van der Waals surface area contributed by atoms with Gasteiger partial charge in [0.15, 0.2) is 11.5 Å². The Labute approximate surface area is 211 Å². The van der Waals surface area contributed by atoms with Crippen LogP contribution in [-0.2, 0) is 13.2 Å². The van der Waals surface area contributed by atoms with Gasteiger partial charge in [0, 0.05) is 6.54 Å². The Morgan fingerprint density at radius 2 is 1.67 bits per heavy atom. The molecule has 0 atom stereocenters. The van der Waals surface area contributed by atoms with Gasteiger partial charge >= 0.3 is 0 Å². The maximum absolute atomic E-state index is 6.17. The Morgan fingerprint density at radius 3 is 2.53 bits per heavy atom. The van der Waals surface area contributed by atoms with Gasteiger partial charge in [0.25, 0.3) is 0 Å². The number of ether oxygens (including phenoxy) is 3. The number of methoxy groups -OCH3 is 1. The van der Waals surface area contributed by atoms with E-state index in [4.69, 9.17) is 19.2 Å². The van der Waals surface area contributed by atoms with E-state index in [9.17, 15) is 0 Å². The van der Waals surface area contributed by atoms with E-state index in [1.165, 1.54) is 5.39 Å². The number of allylic oxidation sites excluding steroid dienone is 1. The van der Waals surface area contributed by atoms with Crippen molar-refractivity contribution < 1.29 is 14.2 Å². The molecule has 5 nitrogen and oxygen atoms in total. The van der Waals surface area contributed by atoms with Gasteiger partial charge in [0.05, 0.1) is 24.8 Å². The van der Waals surface area contributed by atoms with Gasteiger partial charge in [-0.05, 0) is 66.1 Å². The van der Waals surface area contributed by atoms with Crippen molar-refractivity contribution in [2.45, 2.75) is 26.5 Å². The summed E-state index contributed by atoms with van der Waals surface area (Å²) in [5, 5.41) is 2.36. The van der Waals surface area contributed by atoms with E-state index in [1.54, 1.807) is 7.11 Å². The molecule has 0 aliphatic heterocycles. The second-order valence-electron chi connectivity index (χ2n) is 8.58. The summed E-state index contributed by atoms with van der Waals surface area (Å²) >= 11 is 0. The van der Waals surface area contributed by atoms with Crippen LogP contribution in [-0.4, -0.2) is 23.3 Å². The van der Waals surface area contributed by atoms with Crippen LogP contribution in [0, 0.1) is 0 Å². The van der Waals surface area contributed by atoms with E-state index in [0.717, 1.165) is 58.0 Å². The fourth-order valence-corrected chi connectivity index (χ4v) is 4.39. The molecular weight excluding hydrogens is 448 g/mol. The monoisotopic (exact) mass is 478 g/mol. The average molecular weight is 479 g/mol. The summed E-state index contributed by atoms with van der Waals surface area (Å²) in [5.41, 5.74) is 3.15. The number of fused-ring (bicyclic) bond motifs is 2. The highest BCUT2D eigenvalue weighted by molar-refractivity contribution is 5.83. The quantitative estimate of drug-likeness (QED) is 0.198. The molecule has 0 spiro atoms. The van der Waals surface area contributed by atoms with Gasteiger partial charge in [0.2, 0.25) is 0 Å². The van der Waals surface area contributed by atoms with Crippen molar-refractivity contribution in [1.29, 1.82) is 0 Å². The Bertz CT molecular complexity index is 1500. The largest absolute Gasteiger partial charge is 0.493 e. The van der Waals surface area contributed by atoms with Gasteiger partial charge in [-0.1, -0.05) is 60.7 Å². The first-order chi connectivity index (χ1) is 17.7. The molecule has 0 saturated heterocycles. The minimum absolute atomic E-state index is 0.397. The molecule has 1 aromatic heterocycles. The molecule has 182 valence electrons. The van der Waals surface area contributed by atoms with Crippen molar-refractivity contribution in [2.75, 3.05) is 13.7 Å². The molecule has 5 aromatic rings. The van der Waals surface area contributed by atoms with Crippen molar-refractivity contribution in [3.05, 3.63) is 102 Å². The third-order valence-corrected chi connectivity index (χ3v) is 6.15. The van der Waals surface area contributed by atoms with Crippen LogP contribution in [0.15, 0.2) is 91.0 Å². The average Bonchev–Trinajstić information content (AvgIpc) is 3.27. The SMILES string of the molecule is C/C=C/c1ccc(OCCCn2c(COc3ccc4ccccc4c3)nc3ccccc32)c(OC)c1. The maximum atomic E-state index is 6.17. The summed E-state index contributed by atoms with van der Waals surface area (Å²) in [4.78, 5) is 4.85. The van der Waals surface area contributed by atoms with Crippen LogP contribution in [0.1, 0.15) is 24.7 Å². The molecular formula is C31H30N2O3. The summed E-state index contributed by atoms with van der Waals surface area (Å²) in [6, 6.07) is 28.6. The molecule has 5 heteroatoms. The van der Waals surface area contributed by atoms with E-state index >= 15 is 0 Å². The first kappa shape index (κ1) is 23.5. The summed E-state index contributed by atoms with van der Waals surface area (Å²) in [7, 11) is 1.67. The number of nitrogens with zero attached hydrogens (tertiary/aromatic N) is 2. The molecule has 0 unspecified atom stereocenters. The second-order valence-corrected chi connectivity index (χ2v) is 8.58. The fraction of sp³-hybridized carbons (Fsp3) is 0.194. The van der Waals surface area contributed by atoms with Crippen LogP contribution in [0.5, 0.6) is 17.2 Å². The van der Waals surface area contributed by atoms with Crippen molar-refractivity contribution in [3.63, 3.8) is 0 Å². The first-order valence-electron chi connectivity index (χ1n) is 12.2.